The van der Waals surface area contributed by atoms with E-state index in [0.717, 1.165) is 11.3 Å². The third-order valence-electron chi connectivity index (χ3n) is 4.66. The summed E-state index contributed by atoms with van der Waals surface area (Å²) in [5.41, 5.74) is -3.68. The van der Waals surface area contributed by atoms with E-state index in [4.69, 9.17) is 0 Å². The Labute approximate surface area is 198 Å². The predicted molar refractivity (Wildman–Crippen MR) is 113 cm³/mol. The molecule has 0 aliphatic rings. The van der Waals surface area contributed by atoms with Gasteiger partial charge in [0, 0.05) is 32.1 Å². The summed E-state index contributed by atoms with van der Waals surface area (Å²) in [5, 5.41) is 2.64. The number of alkyl halides is 6. The van der Waals surface area contributed by atoms with Crippen LogP contribution in [0.1, 0.15) is 49.8 Å². The first kappa shape index (κ1) is 26.1. The van der Waals surface area contributed by atoms with Crippen LogP contribution in [-0.4, -0.2) is 45.8 Å². The van der Waals surface area contributed by atoms with Gasteiger partial charge in [-0.25, -0.2) is 4.98 Å². The van der Waals surface area contributed by atoms with E-state index in [2.05, 4.69) is 20.3 Å². The number of thiazole rings is 1. The van der Waals surface area contributed by atoms with Gasteiger partial charge in [-0.05, 0) is 25.1 Å². The van der Waals surface area contributed by atoms with Gasteiger partial charge in [0.2, 0.25) is 0 Å². The van der Waals surface area contributed by atoms with Crippen LogP contribution in [-0.2, 0) is 12.4 Å². The van der Waals surface area contributed by atoms with Crippen molar-refractivity contribution in [1.29, 1.82) is 0 Å². The second kappa shape index (κ2) is 9.60. The highest BCUT2D eigenvalue weighted by Gasteiger charge is 2.37. The van der Waals surface area contributed by atoms with Crippen molar-refractivity contribution in [2.45, 2.75) is 25.3 Å². The Morgan fingerprint density at radius 3 is 2.06 bits per heavy atom. The molecule has 1 N–H and O–H groups in total. The van der Waals surface area contributed by atoms with Crippen LogP contribution in [0.25, 0.3) is 10.7 Å². The maximum absolute atomic E-state index is 13.1. The quantitative estimate of drug-likeness (QED) is 0.490. The molecule has 14 heteroatoms. The SMILES string of the molecule is CC(NC(=O)c1cc(C(F)(F)F)cc(C(F)(F)F)c1)c1nccnc1-c1ncc(C(=O)N(C)C)s1. The number of nitrogens with one attached hydrogen (secondary N) is 1. The molecular weight excluding hydrogens is 500 g/mol. The van der Waals surface area contributed by atoms with E-state index in [1.54, 1.807) is 14.1 Å². The van der Waals surface area contributed by atoms with Crippen LogP contribution in [0, 0.1) is 0 Å². The normalized spacial score (nSPS) is 12.8. The van der Waals surface area contributed by atoms with E-state index in [1.165, 1.54) is 30.4 Å². The van der Waals surface area contributed by atoms with Crippen LogP contribution in [0.3, 0.4) is 0 Å². The summed E-state index contributed by atoms with van der Waals surface area (Å²) in [5.74, 6) is -1.47. The summed E-state index contributed by atoms with van der Waals surface area (Å²) in [6, 6.07) is -0.355. The van der Waals surface area contributed by atoms with Gasteiger partial charge >= 0.3 is 12.4 Å². The largest absolute Gasteiger partial charge is 0.416 e. The number of nitrogens with zero attached hydrogens (tertiary/aromatic N) is 4. The maximum Gasteiger partial charge on any atom is 0.416 e. The van der Waals surface area contributed by atoms with Crippen LogP contribution < -0.4 is 5.32 Å². The van der Waals surface area contributed by atoms with E-state index >= 15 is 0 Å². The van der Waals surface area contributed by atoms with Crippen LogP contribution in [0.4, 0.5) is 26.3 Å². The molecule has 3 aromatic rings. The molecule has 2 heterocycles. The minimum atomic E-state index is -5.09. The Bertz CT molecular complexity index is 1220. The lowest BCUT2D eigenvalue weighted by Gasteiger charge is -2.17. The predicted octanol–water partition coefficient (Wildman–Crippen LogP) is 4.83. The van der Waals surface area contributed by atoms with Crippen molar-refractivity contribution in [1.82, 2.24) is 25.2 Å². The molecule has 0 aliphatic carbocycles. The second-order valence-electron chi connectivity index (χ2n) is 7.51. The smallest absolute Gasteiger partial charge is 0.344 e. The number of amides is 2. The van der Waals surface area contributed by atoms with Crippen LogP contribution >= 0.6 is 11.3 Å². The fourth-order valence-electron chi connectivity index (χ4n) is 2.97. The number of halogens is 6. The number of carbonyl (C=O) groups is 2. The Balaban J connectivity index is 1.93. The molecule has 0 radical (unpaired) electrons. The molecule has 0 spiro atoms. The lowest BCUT2D eigenvalue weighted by Crippen LogP contribution is -2.28. The molecule has 0 saturated heterocycles. The summed E-state index contributed by atoms with van der Waals surface area (Å²) in [7, 11) is 3.12. The number of hydrogen-bond donors (Lipinski definition) is 1. The second-order valence-corrected chi connectivity index (χ2v) is 8.54. The van der Waals surface area contributed by atoms with Crippen molar-refractivity contribution in [2.75, 3.05) is 14.1 Å². The number of rotatable bonds is 5. The fraction of sp³-hybridized carbons (Fsp3) is 0.286. The summed E-state index contributed by atoms with van der Waals surface area (Å²) in [4.78, 5) is 38.9. The molecule has 7 nitrogen and oxygen atoms in total. The number of hydrogen-bond acceptors (Lipinski definition) is 6. The van der Waals surface area contributed by atoms with Gasteiger partial charge in [0.05, 0.1) is 29.1 Å². The van der Waals surface area contributed by atoms with Crippen molar-refractivity contribution in [3.05, 3.63) is 64.1 Å². The van der Waals surface area contributed by atoms with E-state index in [9.17, 15) is 35.9 Å². The molecule has 0 bridgehead atoms. The van der Waals surface area contributed by atoms with Crippen LogP contribution in [0.15, 0.2) is 36.8 Å². The summed E-state index contributed by atoms with van der Waals surface area (Å²) < 4.78 is 78.8. The highest BCUT2D eigenvalue weighted by Crippen LogP contribution is 2.36. The third kappa shape index (κ3) is 5.93. The number of carbonyl (C=O) groups excluding carboxylic acids is 2. The van der Waals surface area contributed by atoms with Gasteiger partial charge in [0.25, 0.3) is 11.8 Å². The molecule has 186 valence electrons. The van der Waals surface area contributed by atoms with Crippen LogP contribution in [0.5, 0.6) is 0 Å². The minimum absolute atomic E-state index is 0.0595. The van der Waals surface area contributed by atoms with Gasteiger partial charge in [-0.2, -0.15) is 26.3 Å². The standard InChI is InChI=1S/C21H17F6N5O2S/c1-10(15-16(29-5-4-28-15)18-30-9-14(35-18)19(34)32(2)3)31-17(33)11-6-12(20(22,23)24)8-13(7-11)21(25,26)27/h4-10H,1-3H3,(H,31,33). The first-order valence-corrected chi connectivity index (χ1v) is 10.6. The Morgan fingerprint density at radius 1 is 0.943 bits per heavy atom. The van der Waals surface area contributed by atoms with E-state index in [0.29, 0.717) is 17.0 Å². The summed E-state index contributed by atoms with van der Waals surface area (Å²) >= 11 is 1.01. The zero-order valence-corrected chi connectivity index (χ0v) is 19.1. The van der Waals surface area contributed by atoms with E-state index in [-0.39, 0.29) is 28.4 Å². The van der Waals surface area contributed by atoms with Gasteiger partial charge in [-0.1, -0.05) is 0 Å². The molecule has 1 unspecified atom stereocenters. The first-order chi connectivity index (χ1) is 16.2. The van der Waals surface area contributed by atoms with Crippen molar-refractivity contribution in [2.24, 2.45) is 0 Å². The molecule has 1 atom stereocenters. The zero-order valence-electron chi connectivity index (χ0n) is 18.3. The third-order valence-corrected chi connectivity index (χ3v) is 5.65. The highest BCUT2D eigenvalue weighted by molar-refractivity contribution is 7.16. The molecule has 0 saturated carbocycles. The molecule has 3 rings (SSSR count). The van der Waals surface area contributed by atoms with Crippen molar-refractivity contribution in [3.8, 4) is 10.7 Å². The monoisotopic (exact) mass is 517 g/mol. The van der Waals surface area contributed by atoms with Crippen molar-refractivity contribution < 1.29 is 35.9 Å². The fourth-order valence-corrected chi connectivity index (χ4v) is 3.91. The summed E-state index contributed by atoms with van der Waals surface area (Å²) in [6.45, 7) is 1.43. The molecule has 2 aromatic heterocycles. The van der Waals surface area contributed by atoms with E-state index < -0.39 is 41.0 Å². The van der Waals surface area contributed by atoms with Gasteiger partial charge in [0.15, 0.2) is 0 Å². The maximum atomic E-state index is 13.1. The number of aromatic nitrogens is 3. The lowest BCUT2D eigenvalue weighted by molar-refractivity contribution is -0.143. The molecule has 1 aromatic carbocycles. The lowest BCUT2D eigenvalue weighted by atomic mass is 10.0. The van der Waals surface area contributed by atoms with Gasteiger partial charge in [0.1, 0.15) is 15.6 Å². The van der Waals surface area contributed by atoms with Crippen LogP contribution in [0.2, 0.25) is 0 Å². The minimum Gasteiger partial charge on any atom is -0.344 e. The van der Waals surface area contributed by atoms with Crippen molar-refractivity contribution in [3.63, 3.8) is 0 Å². The highest BCUT2D eigenvalue weighted by atomic mass is 32.1. The Hall–Kier alpha value is -3.55. The number of benzene rings is 1. The molecular formula is C21H17F6N5O2S. The summed E-state index contributed by atoms with van der Waals surface area (Å²) in [6.07, 6.45) is -6.21. The molecule has 2 amide bonds. The first-order valence-electron chi connectivity index (χ1n) is 9.77. The zero-order chi connectivity index (χ0) is 26.1. The average Bonchev–Trinajstić information content (AvgIpc) is 3.27. The molecule has 35 heavy (non-hydrogen) atoms. The van der Waals surface area contributed by atoms with Gasteiger partial charge < -0.3 is 10.2 Å². The van der Waals surface area contributed by atoms with Gasteiger partial charge in [-0.15, -0.1) is 11.3 Å². The Morgan fingerprint density at radius 2 is 1.51 bits per heavy atom. The van der Waals surface area contributed by atoms with Crippen molar-refractivity contribution >= 4 is 23.2 Å². The molecule has 0 fully saturated rings. The Kier molecular flexibility index (Phi) is 7.15. The molecule has 0 aliphatic heterocycles. The average molecular weight is 517 g/mol. The topological polar surface area (TPSA) is 88.1 Å². The van der Waals surface area contributed by atoms with Gasteiger partial charge in [-0.3, -0.25) is 19.6 Å². The van der Waals surface area contributed by atoms with E-state index in [1.807, 2.05) is 0 Å².